The second-order valence-corrected chi connectivity index (χ2v) is 7.50. The van der Waals surface area contributed by atoms with Crippen LogP contribution in [0.3, 0.4) is 0 Å². The summed E-state index contributed by atoms with van der Waals surface area (Å²) in [5, 5.41) is 11.0. The molecule has 4 rings (SSSR count). The van der Waals surface area contributed by atoms with Crippen LogP contribution in [-0.2, 0) is 4.79 Å². The monoisotopic (exact) mass is 435 g/mol. The van der Waals surface area contributed by atoms with Crippen LogP contribution in [0.25, 0.3) is 5.69 Å². The van der Waals surface area contributed by atoms with Crippen molar-refractivity contribution in [3.63, 3.8) is 0 Å². The Morgan fingerprint density at radius 1 is 1.06 bits per heavy atom. The molecule has 2 aromatic carbocycles. The Hall–Kier alpha value is -3.88. The van der Waals surface area contributed by atoms with Crippen LogP contribution in [0, 0.1) is 13.8 Å². The Morgan fingerprint density at radius 2 is 1.78 bits per heavy atom. The van der Waals surface area contributed by atoms with Gasteiger partial charge in [-0.25, -0.2) is 4.68 Å². The normalized spacial score (nSPS) is 12.3. The molecule has 0 unspecified atom stereocenters. The number of hydrogen-bond donors (Lipinski definition) is 1. The number of fused-ring (bicyclic) bond motifs is 1. The fourth-order valence-electron chi connectivity index (χ4n) is 3.43. The number of aryl methyl sites for hydroxylation is 1. The zero-order valence-electron chi connectivity index (χ0n) is 18.3. The Bertz CT molecular complexity index is 1140. The highest BCUT2D eigenvalue weighted by molar-refractivity contribution is 5.99. The number of amides is 2. The number of nitrogens with one attached hydrogen (secondary N) is 1. The third-order valence-corrected chi connectivity index (χ3v) is 5.21. The molecule has 9 nitrogen and oxygen atoms in total. The Labute approximate surface area is 185 Å². The van der Waals surface area contributed by atoms with Crippen molar-refractivity contribution < 1.29 is 19.1 Å². The van der Waals surface area contributed by atoms with Crippen molar-refractivity contribution in [1.29, 1.82) is 0 Å². The van der Waals surface area contributed by atoms with Gasteiger partial charge in [0, 0.05) is 18.3 Å². The molecule has 0 atom stereocenters. The molecule has 1 N–H and O–H groups in total. The molecule has 2 amide bonds. The van der Waals surface area contributed by atoms with Crippen molar-refractivity contribution in [2.45, 2.75) is 20.8 Å². The highest BCUT2D eigenvalue weighted by Gasteiger charge is 2.24. The van der Waals surface area contributed by atoms with Gasteiger partial charge in [0.25, 0.3) is 5.91 Å². The molecular weight excluding hydrogens is 410 g/mol. The summed E-state index contributed by atoms with van der Waals surface area (Å²) in [5.41, 5.74) is 3.36. The minimum absolute atomic E-state index is 0.111. The number of benzene rings is 2. The summed E-state index contributed by atoms with van der Waals surface area (Å²) in [5.74, 6) is 0.564. The molecule has 3 aromatic rings. The Kier molecular flexibility index (Phi) is 6.07. The van der Waals surface area contributed by atoms with Crippen molar-refractivity contribution in [2.75, 3.05) is 31.6 Å². The van der Waals surface area contributed by atoms with E-state index in [2.05, 4.69) is 15.6 Å². The van der Waals surface area contributed by atoms with Gasteiger partial charge < -0.3 is 19.7 Å². The van der Waals surface area contributed by atoms with Crippen molar-refractivity contribution >= 4 is 17.5 Å². The van der Waals surface area contributed by atoms with Crippen LogP contribution < -0.4 is 14.8 Å². The molecule has 2 heterocycles. The van der Waals surface area contributed by atoms with Crippen molar-refractivity contribution in [3.05, 3.63) is 59.4 Å². The van der Waals surface area contributed by atoms with Crippen LogP contribution in [0.5, 0.6) is 11.5 Å². The van der Waals surface area contributed by atoms with E-state index in [-0.39, 0.29) is 24.1 Å². The first kappa shape index (κ1) is 21.4. The summed E-state index contributed by atoms with van der Waals surface area (Å²) >= 11 is 0. The number of rotatable bonds is 6. The zero-order valence-corrected chi connectivity index (χ0v) is 18.3. The number of likely N-dealkylation sites (N-methyl/N-ethyl adjacent to an activating group) is 1. The Balaban J connectivity index is 1.45. The van der Waals surface area contributed by atoms with E-state index >= 15 is 0 Å². The predicted octanol–water partition coefficient (Wildman–Crippen LogP) is 2.76. The predicted molar refractivity (Wildman–Crippen MR) is 118 cm³/mol. The lowest BCUT2D eigenvalue weighted by atomic mass is 10.2. The van der Waals surface area contributed by atoms with E-state index in [9.17, 15) is 9.59 Å². The van der Waals surface area contributed by atoms with Crippen molar-refractivity contribution in [3.8, 4) is 17.2 Å². The topological polar surface area (TPSA) is 98.6 Å². The molecule has 32 heavy (non-hydrogen) atoms. The highest BCUT2D eigenvalue weighted by Crippen LogP contribution is 2.32. The lowest BCUT2D eigenvalue weighted by molar-refractivity contribution is -0.116. The second kappa shape index (κ2) is 9.09. The lowest BCUT2D eigenvalue weighted by Crippen LogP contribution is -2.38. The van der Waals surface area contributed by atoms with Crippen molar-refractivity contribution in [2.24, 2.45) is 0 Å². The van der Waals surface area contributed by atoms with E-state index in [0.717, 1.165) is 11.3 Å². The maximum absolute atomic E-state index is 13.1. The van der Waals surface area contributed by atoms with Crippen molar-refractivity contribution in [1.82, 2.24) is 19.9 Å². The Morgan fingerprint density at radius 3 is 2.50 bits per heavy atom. The van der Waals surface area contributed by atoms with E-state index in [1.807, 2.05) is 38.1 Å². The number of hydrogen-bond acceptors (Lipinski definition) is 6. The van der Waals surface area contributed by atoms with Gasteiger partial charge >= 0.3 is 0 Å². The first-order valence-corrected chi connectivity index (χ1v) is 10.4. The minimum atomic E-state index is -0.347. The number of nitrogens with zero attached hydrogens (tertiary/aromatic N) is 4. The molecule has 0 bridgehead atoms. The lowest BCUT2D eigenvalue weighted by Gasteiger charge is -2.21. The average molecular weight is 435 g/mol. The number of aromatic nitrogens is 3. The molecule has 0 aliphatic carbocycles. The van der Waals surface area contributed by atoms with Crippen LogP contribution in [0.15, 0.2) is 42.5 Å². The van der Waals surface area contributed by atoms with Gasteiger partial charge in [-0.1, -0.05) is 22.9 Å². The average Bonchev–Trinajstić information content (AvgIpc) is 3.18. The van der Waals surface area contributed by atoms with Crippen LogP contribution in [0.1, 0.15) is 28.7 Å². The largest absolute Gasteiger partial charge is 0.486 e. The minimum Gasteiger partial charge on any atom is -0.486 e. The van der Waals surface area contributed by atoms with Gasteiger partial charge in [-0.05, 0) is 45.0 Å². The van der Waals surface area contributed by atoms with Crippen LogP contribution in [0.2, 0.25) is 0 Å². The molecule has 0 saturated heterocycles. The van der Waals surface area contributed by atoms with E-state index in [4.69, 9.17) is 9.47 Å². The maximum atomic E-state index is 13.1. The summed E-state index contributed by atoms with van der Waals surface area (Å²) in [4.78, 5) is 27.1. The molecule has 0 spiro atoms. The van der Waals surface area contributed by atoms with Crippen LogP contribution >= 0.6 is 0 Å². The summed E-state index contributed by atoms with van der Waals surface area (Å²) in [6, 6.07) is 13.0. The fraction of sp³-hybridized carbons (Fsp3) is 0.304. The van der Waals surface area contributed by atoms with E-state index < -0.39 is 0 Å². The standard InChI is InChI=1S/C23H25N5O4/c1-4-27(14-21(29)24-17-7-10-19-20(13-17)32-12-11-31-19)23(30)22-16(3)28(26-25-22)18-8-5-15(2)6-9-18/h5-10,13H,4,11-12,14H2,1-3H3,(H,24,29). The molecule has 1 aromatic heterocycles. The van der Waals surface area contributed by atoms with Gasteiger partial charge in [0.15, 0.2) is 17.2 Å². The van der Waals surface area contributed by atoms with E-state index in [1.165, 1.54) is 4.90 Å². The number of carbonyl (C=O) groups is 2. The maximum Gasteiger partial charge on any atom is 0.276 e. The first-order valence-electron chi connectivity index (χ1n) is 10.4. The molecule has 0 saturated carbocycles. The molecule has 1 aliphatic rings. The fourth-order valence-corrected chi connectivity index (χ4v) is 3.43. The van der Waals surface area contributed by atoms with E-state index in [1.54, 1.807) is 29.8 Å². The molecule has 166 valence electrons. The second-order valence-electron chi connectivity index (χ2n) is 7.50. The molecule has 0 fully saturated rings. The highest BCUT2D eigenvalue weighted by atomic mass is 16.6. The quantitative estimate of drug-likeness (QED) is 0.639. The summed E-state index contributed by atoms with van der Waals surface area (Å²) in [6.45, 7) is 6.81. The number of ether oxygens (including phenoxy) is 2. The molecule has 1 aliphatic heterocycles. The van der Waals surface area contributed by atoms with Gasteiger partial charge in [-0.2, -0.15) is 0 Å². The third kappa shape index (κ3) is 4.41. The van der Waals surface area contributed by atoms with Gasteiger partial charge in [0.05, 0.1) is 11.4 Å². The van der Waals surface area contributed by atoms with Gasteiger partial charge in [-0.15, -0.1) is 5.10 Å². The van der Waals surface area contributed by atoms with Gasteiger partial charge in [0.1, 0.15) is 19.8 Å². The third-order valence-electron chi connectivity index (χ3n) is 5.21. The number of carbonyl (C=O) groups excluding carboxylic acids is 2. The van der Waals surface area contributed by atoms with Crippen LogP contribution in [-0.4, -0.2) is 58.0 Å². The number of anilines is 1. The van der Waals surface area contributed by atoms with Gasteiger partial charge in [-0.3, -0.25) is 9.59 Å². The molecular formula is C23H25N5O4. The molecule has 0 radical (unpaired) electrons. The van der Waals surface area contributed by atoms with E-state index in [0.29, 0.717) is 42.6 Å². The summed E-state index contributed by atoms with van der Waals surface area (Å²) < 4.78 is 12.7. The summed E-state index contributed by atoms with van der Waals surface area (Å²) in [6.07, 6.45) is 0. The summed E-state index contributed by atoms with van der Waals surface area (Å²) in [7, 11) is 0. The van der Waals surface area contributed by atoms with Gasteiger partial charge in [0.2, 0.25) is 5.91 Å². The van der Waals surface area contributed by atoms with Crippen LogP contribution in [0.4, 0.5) is 5.69 Å². The first-order chi connectivity index (χ1) is 15.5. The smallest absolute Gasteiger partial charge is 0.276 e. The molecule has 9 heteroatoms. The zero-order chi connectivity index (χ0) is 22.7. The SMILES string of the molecule is CCN(CC(=O)Nc1ccc2c(c1)OCCO2)C(=O)c1nnn(-c2ccc(C)cc2)c1C.